The Bertz CT molecular complexity index is 951. The van der Waals surface area contributed by atoms with Crippen molar-refractivity contribution in [3.05, 3.63) is 96.1 Å². The van der Waals surface area contributed by atoms with Gasteiger partial charge >= 0.3 is 6.03 Å². The van der Waals surface area contributed by atoms with E-state index in [9.17, 15) is 4.79 Å². The number of urea groups is 1. The minimum absolute atomic E-state index is 0.0339. The predicted molar refractivity (Wildman–Crippen MR) is 131 cm³/mol. The Morgan fingerprint density at radius 2 is 1.44 bits per heavy atom. The van der Waals surface area contributed by atoms with Crippen molar-refractivity contribution in [3.63, 3.8) is 0 Å². The summed E-state index contributed by atoms with van der Waals surface area (Å²) < 4.78 is 0. The Balaban J connectivity index is 1.39. The highest BCUT2D eigenvalue weighted by atomic mass is 16.2. The van der Waals surface area contributed by atoms with Gasteiger partial charge in [0.15, 0.2) is 0 Å². The zero-order valence-corrected chi connectivity index (χ0v) is 18.7. The molecule has 3 aromatic rings. The van der Waals surface area contributed by atoms with Gasteiger partial charge < -0.3 is 15.5 Å². The highest BCUT2D eigenvalue weighted by Crippen LogP contribution is 2.21. The number of piperidine rings is 1. The second-order valence-electron chi connectivity index (χ2n) is 8.60. The van der Waals surface area contributed by atoms with Crippen molar-refractivity contribution >= 4 is 6.03 Å². The van der Waals surface area contributed by atoms with Gasteiger partial charge in [0, 0.05) is 19.6 Å². The lowest BCUT2D eigenvalue weighted by molar-refractivity contribution is 0.176. The second kappa shape index (κ2) is 11.5. The molecule has 1 aliphatic heterocycles. The fraction of sp³-hybridized carbons (Fsp3) is 0.321. The number of carbonyl (C=O) groups is 1. The third-order valence-corrected chi connectivity index (χ3v) is 6.19. The summed E-state index contributed by atoms with van der Waals surface area (Å²) in [5, 5.41) is 6.57. The Hall–Kier alpha value is -3.11. The summed E-state index contributed by atoms with van der Waals surface area (Å²) in [5.74, 6) is 0.555. The molecule has 0 aromatic heterocycles. The number of nitrogens with zero attached hydrogens (tertiary/aromatic N) is 1. The molecule has 2 amide bonds. The van der Waals surface area contributed by atoms with Crippen LogP contribution in [0.1, 0.15) is 24.0 Å². The van der Waals surface area contributed by atoms with Crippen LogP contribution in [0.3, 0.4) is 0 Å². The summed E-state index contributed by atoms with van der Waals surface area (Å²) in [4.78, 5) is 15.1. The summed E-state index contributed by atoms with van der Waals surface area (Å²) in [6.45, 7) is 4.17. The summed E-state index contributed by atoms with van der Waals surface area (Å²) in [5.41, 5.74) is 4.82. The Kier molecular flexibility index (Phi) is 7.94. The van der Waals surface area contributed by atoms with E-state index >= 15 is 0 Å². The maximum atomic E-state index is 13.1. The maximum absolute atomic E-state index is 13.1. The average Bonchev–Trinajstić information content (AvgIpc) is 2.86. The van der Waals surface area contributed by atoms with E-state index in [4.69, 9.17) is 0 Å². The second-order valence-corrected chi connectivity index (χ2v) is 8.60. The fourth-order valence-electron chi connectivity index (χ4n) is 4.32. The van der Waals surface area contributed by atoms with Gasteiger partial charge in [0.25, 0.3) is 0 Å². The number of hydrogen-bond acceptors (Lipinski definition) is 2. The predicted octanol–water partition coefficient (Wildman–Crippen LogP) is 5.11. The van der Waals surface area contributed by atoms with E-state index in [0.29, 0.717) is 19.0 Å². The molecule has 0 unspecified atom stereocenters. The number of benzene rings is 3. The third kappa shape index (κ3) is 6.44. The van der Waals surface area contributed by atoms with Crippen LogP contribution in [0.15, 0.2) is 84.9 Å². The monoisotopic (exact) mass is 427 g/mol. The van der Waals surface area contributed by atoms with Crippen molar-refractivity contribution in [1.82, 2.24) is 15.5 Å². The minimum Gasteiger partial charge on any atom is -0.338 e. The number of carbonyl (C=O) groups excluding carboxylic acids is 1. The van der Waals surface area contributed by atoms with Gasteiger partial charge in [-0.05, 0) is 60.5 Å². The molecular weight excluding hydrogens is 394 g/mol. The molecule has 4 heteroatoms. The van der Waals surface area contributed by atoms with E-state index in [1.54, 1.807) is 0 Å². The normalized spacial score (nSPS) is 14.1. The van der Waals surface area contributed by atoms with Crippen molar-refractivity contribution in [2.24, 2.45) is 5.92 Å². The van der Waals surface area contributed by atoms with Gasteiger partial charge in [-0.15, -0.1) is 0 Å². The lowest BCUT2D eigenvalue weighted by Gasteiger charge is -2.30. The van der Waals surface area contributed by atoms with Crippen LogP contribution < -0.4 is 10.6 Å². The van der Waals surface area contributed by atoms with Gasteiger partial charge in [-0.1, -0.05) is 84.9 Å². The molecule has 1 fully saturated rings. The molecule has 1 heterocycles. The topological polar surface area (TPSA) is 44.4 Å². The zero-order valence-electron chi connectivity index (χ0n) is 18.7. The molecule has 0 radical (unpaired) electrons. The van der Waals surface area contributed by atoms with Crippen LogP contribution in [0.25, 0.3) is 11.1 Å². The Morgan fingerprint density at radius 3 is 2.12 bits per heavy atom. The van der Waals surface area contributed by atoms with E-state index in [0.717, 1.165) is 44.5 Å². The number of hydrogen-bond donors (Lipinski definition) is 2. The van der Waals surface area contributed by atoms with Crippen LogP contribution in [0.5, 0.6) is 0 Å². The first-order chi connectivity index (χ1) is 15.8. The molecule has 166 valence electrons. The van der Waals surface area contributed by atoms with Gasteiger partial charge in [-0.25, -0.2) is 4.79 Å². The van der Waals surface area contributed by atoms with Crippen molar-refractivity contribution in [2.45, 2.75) is 25.8 Å². The molecule has 32 heavy (non-hydrogen) atoms. The first-order valence-corrected chi connectivity index (χ1v) is 11.7. The molecule has 0 spiro atoms. The van der Waals surface area contributed by atoms with Crippen molar-refractivity contribution in [2.75, 3.05) is 26.2 Å². The largest absolute Gasteiger partial charge is 0.338 e. The number of nitrogens with one attached hydrogen (secondary N) is 2. The average molecular weight is 428 g/mol. The summed E-state index contributed by atoms with van der Waals surface area (Å²) in [6.07, 6.45) is 3.10. The van der Waals surface area contributed by atoms with E-state index in [-0.39, 0.29) is 6.03 Å². The van der Waals surface area contributed by atoms with E-state index in [1.165, 1.54) is 16.7 Å². The quantitative estimate of drug-likeness (QED) is 0.525. The van der Waals surface area contributed by atoms with Crippen molar-refractivity contribution in [3.8, 4) is 11.1 Å². The van der Waals surface area contributed by atoms with Crippen LogP contribution in [-0.4, -0.2) is 37.1 Å². The van der Waals surface area contributed by atoms with Crippen molar-refractivity contribution in [1.29, 1.82) is 0 Å². The summed E-state index contributed by atoms with van der Waals surface area (Å²) >= 11 is 0. The molecule has 0 bridgehead atoms. The standard InChI is InChI=1S/C28H33N3O/c32-28(30-20-17-23-7-3-1-4-8-23)31(22-25-15-18-29-19-16-25)21-24-11-13-27(14-12-24)26-9-5-2-6-10-26/h1-14,25,29H,15-22H2,(H,30,32). The molecule has 0 atom stereocenters. The van der Waals surface area contributed by atoms with Crippen LogP contribution >= 0.6 is 0 Å². The summed E-state index contributed by atoms with van der Waals surface area (Å²) in [6, 6.07) is 29.3. The van der Waals surface area contributed by atoms with Crippen molar-refractivity contribution < 1.29 is 4.79 Å². The molecule has 3 aromatic carbocycles. The first kappa shape index (κ1) is 22.1. The van der Waals surface area contributed by atoms with E-state index < -0.39 is 0 Å². The van der Waals surface area contributed by atoms with Crippen LogP contribution in [0, 0.1) is 5.92 Å². The SMILES string of the molecule is O=C(NCCc1ccccc1)N(Cc1ccc(-c2ccccc2)cc1)CC1CCNCC1. The highest BCUT2D eigenvalue weighted by molar-refractivity contribution is 5.74. The molecule has 0 aliphatic carbocycles. The number of rotatable bonds is 8. The Labute approximate surface area is 191 Å². The third-order valence-electron chi connectivity index (χ3n) is 6.19. The minimum atomic E-state index is 0.0339. The molecule has 4 rings (SSSR count). The summed E-state index contributed by atoms with van der Waals surface area (Å²) in [7, 11) is 0. The van der Waals surface area contributed by atoms with E-state index in [1.807, 2.05) is 29.2 Å². The number of amides is 2. The molecule has 2 N–H and O–H groups in total. The molecule has 1 saturated heterocycles. The highest BCUT2D eigenvalue weighted by Gasteiger charge is 2.21. The lowest BCUT2D eigenvalue weighted by Crippen LogP contribution is -2.44. The lowest BCUT2D eigenvalue weighted by atomic mass is 9.97. The molecule has 4 nitrogen and oxygen atoms in total. The smallest absolute Gasteiger partial charge is 0.317 e. The van der Waals surface area contributed by atoms with Crippen LogP contribution in [0.2, 0.25) is 0 Å². The van der Waals surface area contributed by atoms with Crippen LogP contribution in [0.4, 0.5) is 4.79 Å². The van der Waals surface area contributed by atoms with Gasteiger partial charge in [-0.3, -0.25) is 0 Å². The maximum Gasteiger partial charge on any atom is 0.317 e. The molecule has 1 aliphatic rings. The van der Waals surface area contributed by atoms with Gasteiger partial charge in [0.2, 0.25) is 0 Å². The fourth-order valence-corrected chi connectivity index (χ4v) is 4.32. The Morgan fingerprint density at radius 1 is 0.812 bits per heavy atom. The van der Waals surface area contributed by atoms with E-state index in [2.05, 4.69) is 71.3 Å². The van der Waals surface area contributed by atoms with Gasteiger partial charge in [0.1, 0.15) is 0 Å². The first-order valence-electron chi connectivity index (χ1n) is 11.7. The molecular formula is C28H33N3O. The van der Waals surface area contributed by atoms with Gasteiger partial charge in [0.05, 0.1) is 0 Å². The zero-order chi connectivity index (χ0) is 22.0. The molecule has 0 saturated carbocycles. The van der Waals surface area contributed by atoms with Crippen LogP contribution in [-0.2, 0) is 13.0 Å². The van der Waals surface area contributed by atoms with Gasteiger partial charge in [-0.2, -0.15) is 0 Å².